The van der Waals surface area contributed by atoms with E-state index in [1.165, 1.54) is 11.8 Å². The maximum atomic E-state index is 12.1. The Morgan fingerprint density at radius 2 is 1.89 bits per heavy atom. The lowest BCUT2D eigenvalue weighted by molar-refractivity contribution is -0.151. The largest absolute Gasteiger partial charge is 0.459 e. The summed E-state index contributed by atoms with van der Waals surface area (Å²) in [5.41, 5.74) is -0.469. The number of hydrogen-bond acceptors (Lipinski definition) is 5. The molecule has 1 saturated heterocycles. The number of hydrogen-bond donors (Lipinski definition) is 1. The van der Waals surface area contributed by atoms with Gasteiger partial charge in [0, 0.05) is 26.2 Å². The lowest BCUT2D eigenvalue weighted by atomic mass is 10.2. The molecule has 0 aromatic rings. The van der Waals surface area contributed by atoms with Gasteiger partial charge in [0.05, 0.1) is 11.0 Å². The molecule has 19 heavy (non-hydrogen) atoms. The van der Waals surface area contributed by atoms with Gasteiger partial charge in [0.1, 0.15) is 5.60 Å². The normalized spacial score (nSPS) is 18.0. The van der Waals surface area contributed by atoms with Crippen LogP contribution >= 0.6 is 11.8 Å². The summed E-state index contributed by atoms with van der Waals surface area (Å²) in [6, 6.07) is 0. The zero-order valence-electron chi connectivity index (χ0n) is 12.2. The maximum Gasteiger partial charge on any atom is 0.316 e. The standard InChI is InChI=1S/C13H24N2O3S/c1-10(12(17)15-7-5-14-6-8-15)19-9-11(16)18-13(2,3)4/h10,14H,5-9H2,1-4H3. The number of thioether (sulfide) groups is 1. The number of carbonyl (C=O) groups excluding carboxylic acids is 2. The Labute approximate surface area is 119 Å². The van der Waals surface area contributed by atoms with E-state index in [1.807, 2.05) is 32.6 Å². The van der Waals surface area contributed by atoms with Crippen LogP contribution in [0.15, 0.2) is 0 Å². The number of piperazine rings is 1. The lowest BCUT2D eigenvalue weighted by Gasteiger charge is -2.29. The molecule has 5 nitrogen and oxygen atoms in total. The SMILES string of the molecule is CC(SCC(=O)OC(C)(C)C)C(=O)N1CCNCC1. The summed E-state index contributed by atoms with van der Waals surface area (Å²) in [5.74, 6) is 0.0588. The van der Waals surface area contributed by atoms with E-state index in [9.17, 15) is 9.59 Å². The summed E-state index contributed by atoms with van der Waals surface area (Å²) >= 11 is 1.34. The summed E-state index contributed by atoms with van der Waals surface area (Å²) in [4.78, 5) is 25.6. The number of esters is 1. The molecule has 1 aliphatic rings. The number of carbonyl (C=O) groups is 2. The van der Waals surface area contributed by atoms with E-state index < -0.39 is 5.60 Å². The number of nitrogens with zero attached hydrogens (tertiary/aromatic N) is 1. The van der Waals surface area contributed by atoms with Crippen LogP contribution in [0.4, 0.5) is 0 Å². The molecule has 0 aromatic heterocycles. The number of amides is 1. The van der Waals surface area contributed by atoms with E-state index in [2.05, 4.69) is 5.32 Å². The van der Waals surface area contributed by atoms with Gasteiger partial charge in [-0.25, -0.2) is 0 Å². The first-order valence-corrected chi connectivity index (χ1v) is 7.67. The third-order valence-corrected chi connectivity index (χ3v) is 3.75. The van der Waals surface area contributed by atoms with Gasteiger partial charge in [0.2, 0.25) is 5.91 Å². The van der Waals surface area contributed by atoms with Crippen molar-refractivity contribution in [3.8, 4) is 0 Å². The summed E-state index contributed by atoms with van der Waals surface area (Å²) in [5, 5.41) is 3.01. The molecular formula is C13H24N2O3S. The molecule has 0 spiro atoms. The Morgan fingerprint density at radius 3 is 2.42 bits per heavy atom. The van der Waals surface area contributed by atoms with Crippen molar-refractivity contribution < 1.29 is 14.3 Å². The second-order valence-corrected chi connectivity index (χ2v) is 6.94. The molecular weight excluding hydrogens is 264 g/mol. The van der Waals surface area contributed by atoms with Crippen molar-refractivity contribution >= 4 is 23.6 Å². The van der Waals surface area contributed by atoms with Crippen LogP contribution in [-0.4, -0.2) is 59.6 Å². The van der Waals surface area contributed by atoms with Gasteiger partial charge < -0.3 is 15.0 Å². The van der Waals surface area contributed by atoms with Gasteiger partial charge >= 0.3 is 5.97 Å². The fraction of sp³-hybridized carbons (Fsp3) is 0.846. The van der Waals surface area contributed by atoms with E-state index in [1.54, 1.807) is 0 Å². The van der Waals surface area contributed by atoms with Crippen LogP contribution in [-0.2, 0) is 14.3 Å². The van der Waals surface area contributed by atoms with Crippen molar-refractivity contribution in [1.82, 2.24) is 10.2 Å². The molecule has 1 N–H and O–H groups in total. The molecule has 1 heterocycles. The van der Waals surface area contributed by atoms with Gasteiger partial charge in [-0.2, -0.15) is 0 Å². The molecule has 0 aliphatic carbocycles. The zero-order valence-corrected chi connectivity index (χ0v) is 13.0. The average molecular weight is 288 g/mol. The fourth-order valence-electron chi connectivity index (χ4n) is 1.78. The summed E-state index contributed by atoms with van der Waals surface area (Å²) < 4.78 is 5.22. The Kier molecular flexibility index (Phi) is 6.13. The predicted octanol–water partition coefficient (Wildman–Crippen LogP) is 0.882. The Bertz CT molecular complexity index is 322. The first-order chi connectivity index (χ1) is 8.79. The van der Waals surface area contributed by atoms with Crippen LogP contribution in [0.2, 0.25) is 0 Å². The van der Waals surface area contributed by atoms with Crippen LogP contribution < -0.4 is 5.32 Å². The van der Waals surface area contributed by atoms with E-state index in [-0.39, 0.29) is 22.9 Å². The van der Waals surface area contributed by atoms with Gasteiger partial charge in [-0.15, -0.1) is 11.8 Å². The molecule has 0 saturated carbocycles. The van der Waals surface area contributed by atoms with E-state index in [4.69, 9.17) is 4.74 Å². The minimum atomic E-state index is -0.469. The molecule has 1 aliphatic heterocycles. The number of rotatable bonds is 4. The van der Waals surface area contributed by atoms with Crippen LogP contribution in [0.25, 0.3) is 0 Å². The summed E-state index contributed by atoms with van der Waals surface area (Å²) in [6.07, 6.45) is 0. The van der Waals surface area contributed by atoms with E-state index >= 15 is 0 Å². The van der Waals surface area contributed by atoms with Crippen molar-refractivity contribution in [2.75, 3.05) is 31.9 Å². The third kappa shape index (κ3) is 6.29. The van der Waals surface area contributed by atoms with Crippen molar-refractivity contribution in [2.45, 2.75) is 38.5 Å². The Morgan fingerprint density at radius 1 is 1.32 bits per heavy atom. The molecule has 1 unspecified atom stereocenters. The van der Waals surface area contributed by atoms with Crippen LogP contribution in [0.3, 0.4) is 0 Å². The van der Waals surface area contributed by atoms with Crippen molar-refractivity contribution in [3.05, 3.63) is 0 Å². The molecule has 0 aromatic carbocycles. The molecule has 1 fully saturated rings. The van der Waals surface area contributed by atoms with Gasteiger partial charge in [0.15, 0.2) is 0 Å². The highest BCUT2D eigenvalue weighted by atomic mass is 32.2. The maximum absolute atomic E-state index is 12.1. The summed E-state index contributed by atoms with van der Waals surface area (Å²) in [6.45, 7) is 10.5. The summed E-state index contributed by atoms with van der Waals surface area (Å²) in [7, 11) is 0. The molecule has 1 atom stereocenters. The van der Waals surface area contributed by atoms with Gasteiger partial charge in [-0.1, -0.05) is 0 Å². The number of ether oxygens (including phenoxy) is 1. The van der Waals surface area contributed by atoms with Gasteiger partial charge in [-0.05, 0) is 27.7 Å². The van der Waals surface area contributed by atoms with E-state index in [0.29, 0.717) is 0 Å². The van der Waals surface area contributed by atoms with Crippen molar-refractivity contribution in [2.24, 2.45) is 0 Å². The van der Waals surface area contributed by atoms with E-state index in [0.717, 1.165) is 26.2 Å². The minimum absolute atomic E-state index is 0.107. The average Bonchev–Trinajstić information content (AvgIpc) is 2.34. The highest BCUT2D eigenvalue weighted by Crippen LogP contribution is 2.16. The zero-order chi connectivity index (χ0) is 14.5. The number of nitrogens with one attached hydrogen (secondary N) is 1. The molecule has 0 radical (unpaired) electrons. The monoisotopic (exact) mass is 288 g/mol. The quantitative estimate of drug-likeness (QED) is 0.778. The topological polar surface area (TPSA) is 58.6 Å². The van der Waals surface area contributed by atoms with Crippen LogP contribution in [0.5, 0.6) is 0 Å². The fourth-order valence-corrected chi connectivity index (χ4v) is 2.51. The minimum Gasteiger partial charge on any atom is -0.459 e. The Balaban J connectivity index is 2.31. The second-order valence-electron chi connectivity index (χ2n) is 5.61. The highest BCUT2D eigenvalue weighted by Gasteiger charge is 2.24. The predicted molar refractivity (Wildman–Crippen MR) is 77.2 cm³/mol. The molecule has 6 heteroatoms. The van der Waals surface area contributed by atoms with Crippen LogP contribution in [0, 0.1) is 0 Å². The van der Waals surface area contributed by atoms with Gasteiger partial charge in [0.25, 0.3) is 0 Å². The van der Waals surface area contributed by atoms with Crippen molar-refractivity contribution in [1.29, 1.82) is 0 Å². The highest BCUT2D eigenvalue weighted by molar-refractivity contribution is 8.01. The third-order valence-electron chi connectivity index (χ3n) is 2.65. The lowest BCUT2D eigenvalue weighted by Crippen LogP contribution is -2.48. The smallest absolute Gasteiger partial charge is 0.316 e. The second kappa shape index (κ2) is 7.14. The van der Waals surface area contributed by atoms with Gasteiger partial charge in [-0.3, -0.25) is 9.59 Å². The first-order valence-electron chi connectivity index (χ1n) is 6.62. The Hall–Kier alpha value is -0.750. The first kappa shape index (κ1) is 16.3. The van der Waals surface area contributed by atoms with Crippen molar-refractivity contribution in [3.63, 3.8) is 0 Å². The molecule has 1 rings (SSSR count). The molecule has 110 valence electrons. The van der Waals surface area contributed by atoms with Crippen LogP contribution in [0.1, 0.15) is 27.7 Å². The molecule has 0 bridgehead atoms. The molecule has 1 amide bonds.